The third-order valence-electron chi connectivity index (χ3n) is 2.77. The van der Waals surface area contributed by atoms with Crippen molar-refractivity contribution in [3.05, 3.63) is 28.8 Å². The highest BCUT2D eigenvalue weighted by atomic mass is 35.5. The molecule has 1 atom stereocenters. The lowest BCUT2D eigenvalue weighted by atomic mass is 9.96. The number of nitrogens with zero attached hydrogens (tertiary/aromatic N) is 1. The number of nitrogens with one attached hydrogen (secondary N) is 1. The zero-order chi connectivity index (χ0) is 14.4. The van der Waals surface area contributed by atoms with E-state index in [1.165, 1.54) is 6.07 Å². The first kappa shape index (κ1) is 15.5. The Labute approximate surface area is 118 Å². The maximum Gasteiger partial charge on any atom is 0.228 e. The number of anilines is 1. The SMILES string of the molecule is CC(C)CC(CN)C(=O)Nc1ccc(C#N)cc1Cl. The molecule has 0 aromatic heterocycles. The third kappa shape index (κ3) is 4.55. The Hall–Kier alpha value is -1.57. The molecule has 0 saturated carbocycles. The molecule has 3 N–H and O–H groups in total. The Balaban J connectivity index is 2.79. The molecular weight excluding hydrogens is 262 g/mol. The summed E-state index contributed by atoms with van der Waals surface area (Å²) in [5.41, 5.74) is 6.59. The summed E-state index contributed by atoms with van der Waals surface area (Å²) in [5.74, 6) is 0.0326. The van der Waals surface area contributed by atoms with Crippen molar-refractivity contribution in [2.24, 2.45) is 17.6 Å². The van der Waals surface area contributed by atoms with Crippen molar-refractivity contribution in [1.29, 1.82) is 5.26 Å². The maximum atomic E-state index is 12.1. The molecule has 0 aliphatic carbocycles. The zero-order valence-electron chi connectivity index (χ0n) is 11.1. The second-order valence-corrected chi connectivity index (χ2v) is 5.27. The van der Waals surface area contributed by atoms with Gasteiger partial charge >= 0.3 is 0 Å². The first-order valence-electron chi connectivity index (χ1n) is 6.18. The summed E-state index contributed by atoms with van der Waals surface area (Å²) in [6.45, 7) is 4.40. The predicted molar refractivity (Wildman–Crippen MR) is 76.8 cm³/mol. The fourth-order valence-electron chi connectivity index (χ4n) is 1.80. The lowest BCUT2D eigenvalue weighted by molar-refractivity contribution is -0.120. The van der Waals surface area contributed by atoms with Crippen molar-refractivity contribution in [3.63, 3.8) is 0 Å². The molecule has 0 aliphatic rings. The molecule has 19 heavy (non-hydrogen) atoms. The number of carbonyl (C=O) groups excluding carboxylic acids is 1. The Bertz CT molecular complexity index is 494. The second-order valence-electron chi connectivity index (χ2n) is 4.86. The van der Waals surface area contributed by atoms with Gasteiger partial charge in [0, 0.05) is 6.54 Å². The molecule has 0 bridgehead atoms. The van der Waals surface area contributed by atoms with E-state index in [0.717, 1.165) is 6.42 Å². The number of hydrogen-bond acceptors (Lipinski definition) is 3. The van der Waals surface area contributed by atoms with Crippen molar-refractivity contribution in [2.45, 2.75) is 20.3 Å². The van der Waals surface area contributed by atoms with Crippen molar-refractivity contribution in [3.8, 4) is 6.07 Å². The summed E-state index contributed by atoms with van der Waals surface area (Å²) in [7, 11) is 0. The van der Waals surface area contributed by atoms with E-state index in [4.69, 9.17) is 22.6 Å². The monoisotopic (exact) mass is 279 g/mol. The number of nitriles is 1. The van der Waals surface area contributed by atoms with Crippen molar-refractivity contribution < 1.29 is 4.79 Å². The minimum atomic E-state index is -0.230. The maximum absolute atomic E-state index is 12.1. The predicted octanol–water partition coefficient (Wildman–Crippen LogP) is 2.77. The molecule has 4 nitrogen and oxygen atoms in total. The van der Waals surface area contributed by atoms with E-state index in [-0.39, 0.29) is 11.8 Å². The molecule has 0 saturated heterocycles. The fraction of sp³-hybridized carbons (Fsp3) is 0.429. The summed E-state index contributed by atoms with van der Waals surface area (Å²) in [6.07, 6.45) is 0.732. The van der Waals surface area contributed by atoms with Gasteiger partial charge in [-0.15, -0.1) is 0 Å². The van der Waals surface area contributed by atoms with Gasteiger partial charge in [-0.2, -0.15) is 5.26 Å². The summed E-state index contributed by atoms with van der Waals surface area (Å²) in [4.78, 5) is 12.1. The first-order chi connectivity index (χ1) is 8.97. The van der Waals surface area contributed by atoms with Crippen LogP contribution in [-0.2, 0) is 4.79 Å². The number of benzene rings is 1. The summed E-state index contributed by atoms with van der Waals surface area (Å²) in [6, 6.07) is 6.76. The highest BCUT2D eigenvalue weighted by Gasteiger charge is 2.19. The fourth-order valence-corrected chi connectivity index (χ4v) is 2.03. The van der Waals surface area contributed by atoms with Gasteiger partial charge in [-0.25, -0.2) is 0 Å². The van der Waals surface area contributed by atoms with Gasteiger partial charge in [0.1, 0.15) is 0 Å². The highest BCUT2D eigenvalue weighted by molar-refractivity contribution is 6.33. The lowest BCUT2D eigenvalue weighted by Crippen LogP contribution is -2.30. The molecule has 1 aromatic carbocycles. The molecule has 1 rings (SSSR count). The van der Waals surface area contributed by atoms with E-state index in [0.29, 0.717) is 28.7 Å². The van der Waals surface area contributed by atoms with Crippen LogP contribution in [-0.4, -0.2) is 12.5 Å². The van der Waals surface area contributed by atoms with Crippen LogP contribution in [0.3, 0.4) is 0 Å². The van der Waals surface area contributed by atoms with Gasteiger partial charge in [-0.3, -0.25) is 4.79 Å². The number of halogens is 1. The Morgan fingerprint density at radius 1 is 1.53 bits per heavy atom. The van der Waals surface area contributed by atoms with Gasteiger partial charge in [0.2, 0.25) is 5.91 Å². The normalized spacial score (nSPS) is 12.0. The zero-order valence-corrected chi connectivity index (χ0v) is 11.9. The average molecular weight is 280 g/mol. The molecule has 5 heteroatoms. The van der Waals surface area contributed by atoms with Crippen LogP contribution in [0.2, 0.25) is 5.02 Å². The van der Waals surface area contributed by atoms with Crippen molar-refractivity contribution in [2.75, 3.05) is 11.9 Å². The lowest BCUT2D eigenvalue weighted by Gasteiger charge is -2.17. The van der Waals surface area contributed by atoms with Gasteiger partial charge in [0.15, 0.2) is 0 Å². The Morgan fingerprint density at radius 3 is 2.68 bits per heavy atom. The standard InChI is InChI=1S/C14H18ClN3O/c1-9(2)5-11(8-17)14(19)18-13-4-3-10(7-16)6-12(13)15/h3-4,6,9,11H,5,8,17H2,1-2H3,(H,18,19). The quantitative estimate of drug-likeness (QED) is 0.870. The Kier molecular flexibility index (Phi) is 5.81. The molecule has 0 aliphatic heterocycles. The molecule has 1 aromatic rings. The molecule has 0 spiro atoms. The average Bonchev–Trinajstić information content (AvgIpc) is 2.37. The van der Waals surface area contributed by atoms with Crippen LogP contribution >= 0.6 is 11.6 Å². The van der Waals surface area contributed by atoms with Gasteiger partial charge in [-0.05, 0) is 30.5 Å². The summed E-state index contributed by atoms with van der Waals surface area (Å²) < 4.78 is 0. The van der Waals surface area contributed by atoms with E-state index in [2.05, 4.69) is 5.32 Å². The van der Waals surface area contributed by atoms with Gasteiger partial charge in [-0.1, -0.05) is 25.4 Å². The Morgan fingerprint density at radius 2 is 2.21 bits per heavy atom. The van der Waals surface area contributed by atoms with Crippen LogP contribution in [0, 0.1) is 23.2 Å². The molecular formula is C14H18ClN3O. The molecule has 0 heterocycles. The van der Waals surface area contributed by atoms with Gasteiger partial charge in [0.05, 0.1) is 28.3 Å². The largest absolute Gasteiger partial charge is 0.330 e. The van der Waals surface area contributed by atoms with E-state index in [1.807, 2.05) is 19.9 Å². The van der Waals surface area contributed by atoms with Crippen molar-refractivity contribution in [1.82, 2.24) is 0 Å². The molecule has 1 unspecified atom stereocenters. The van der Waals surface area contributed by atoms with Crippen LogP contribution in [0.1, 0.15) is 25.8 Å². The molecule has 0 fully saturated rings. The third-order valence-corrected chi connectivity index (χ3v) is 3.08. The topological polar surface area (TPSA) is 78.9 Å². The molecule has 1 amide bonds. The number of hydrogen-bond donors (Lipinski definition) is 2. The molecule has 102 valence electrons. The highest BCUT2D eigenvalue weighted by Crippen LogP contribution is 2.24. The van der Waals surface area contributed by atoms with E-state index < -0.39 is 0 Å². The summed E-state index contributed by atoms with van der Waals surface area (Å²) >= 11 is 6.01. The minimum absolute atomic E-state index is 0.136. The van der Waals surface area contributed by atoms with E-state index in [9.17, 15) is 4.79 Å². The van der Waals surface area contributed by atoms with Gasteiger partial charge < -0.3 is 11.1 Å². The smallest absolute Gasteiger partial charge is 0.228 e. The number of nitrogens with two attached hydrogens (primary N) is 1. The number of carbonyl (C=O) groups is 1. The van der Waals surface area contributed by atoms with Crippen LogP contribution in [0.25, 0.3) is 0 Å². The minimum Gasteiger partial charge on any atom is -0.330 e. The molecule has 0 radical (unpaired) electrons. The van der Waals surface area contributed by atoms with Crippen LogP contribution < -0.4 is 11.1 Å². The van der Waals surface area contributed by atoms with Crippen molar-refractivity contribution >= 4 is 23.2 Å². The van der Waals surface area contributed by atoms with Crippen LogP contribution in [0.5, 0.6) is 0 Å². The van der Waals surface area contributed by atoms with Crippen LogP contribution in [0.15, 0.2) is 18.2 Å². The van der Waals surface area contributed by atoms with Gasteiger partial charge in [0.25, 0.3) is 0 Å². The second kappa shape index (κ2) is 7.13. The summed E-state index contributed by atoms with van der Waals surface area (Å²) in [5, 5.41) is 11.9. The van der Waals surface area contributed by atoms with Crippen LogP contribution in [0.4, 0.5) is 5.69 Å². The van der Waals surface area contributed by atoms with E-state index in [1.54, 1.807) is 12.1 Å². The number of rotatable bonds is 5. The van der Waals surface area contributed by atoms with E-state index >= 15 is 0 Å². The first-order valence-corrected chi connectivity index (χ1v) is 6.56. The number of amides is 1.